The minimum absolute atomic E-state index is 0.0356. The molecule has 150 valence electrons. The fraction of sp³-hybridized carbons (Fsp3) is 0.136. The van der Waals surface area contributed by atoms with Crippen LogP contribution in [0, 0.1) is 26.6 Å². The number of carbonyl (C=O) groups is 1. The number of anilines is 2. The second-order valence-corrected chi connectivity index (χ2v) is 8.50. The summed E-state index contributed by atoms with van der Waals surface area (Å²) in [5, 5.41) is 2.61. The molecule has 7 heteroatoms. The van der Waals surface area contributed by atoms with Crippen LogP contribution in [0.15, 0.2) is 65.6 Å². The second-order valence-electron chi connectivity index (χ2n) is 6.82. The number of rotatable bonds is 5. The number of hydrogen-bond donors (Lipinski definition) is 2. The molecule has 0 bridgehead atoms. The summed E-state index contributed by atoms with van der Waals surface area (Å²) in [6, 6.07) is 15.7. The Morgan fingerprint density at radius 1 is 0.862 bits per heavy atom. The van der Waals surface area contributed by atoms with E-state index in [9.17, 15) is 17.6 Å². The summed E-state index contributed by atoms with van der Waals surface area (Å²) in [6.45, 7) is 5.13. The van der Waals surface area contributed by atoms with Gasteiger partial charge in [-0.1, -0.05) is 30.3 Å². The van der Waals surface area contributed by atoms with E-state index < -0.39 is 21.7 Å². The van der Waals surface area contributed by atoms with Crippen molar-refractivity contribution in [3.63, 3.8) is 0 Å². The molecule has 0 atom stereocenters. The molecule has 5 nitrogen and oxygen atoms in total. The molecule has 1 amide bonds. The quantitative estimate of drug-likeness (QED) is 0.632. The van der Waals surface area contributed by atoms with E-state index in [-0.39, 0.29) is 10.5 Å². The fourth-order valence-corrected chi connectivity index (χ4v) is 3.93. The molecule has 0 unspecified atom stereocenters. The lowest BCUT2D eigenvalue weighted by Crippen LogP contribution is -2.17. The van der Waals surface area contributed by atoms with Gasteiger partial charge in [0.15, 0.2) is 0 Å². The Morgan fingerprint density at radius 3 is 2.24 bits per heavy atom. The SMILES string of the molecule is Cc1ccc(NC(=O)c2cc(S(=O)(=O)Nc3ccccc3C)ccc2C)cc1F. The van der Waals surface area contributed by atoms with Crippen LogP contribution in [0.3, 0.4) is 0 Å². The van der Waals surface area contributed by atoms with E-state index in [4.69, 9.17) is 0 Å². The lowest BCUT2D eigenvalue weighted by atomic mass is 10.1. The predicted molar refractivity (Wildman–Crippen MR) is 112 cm³/mol. The molecule has 0 spiro atoms. The van der Waals surface area contributed by atoms with Crippen molar-refractivity contribution in [3.8, 4) is 0 Å². The van der Waals surface area contributed by atoms with Gasteiger partial charge in [0.05, 0.1) is 10.6 Å². The molecule has 0 aliphatic heterocycles. The Kier molecular flexibility index (Phi) is 5.70. The summed E-state index contributed by atoms with van der Waals surface area (Å²) in [6.07, 6.45) is 0. The zero-order chi connectivity index (χ0) is 21.2. The van der Waals surface area contributed by atoms with Crippen molar-refractivity contribution >= 4 is 27.3 Å². The van der Waals surface area contributed by atoms with Crippen molar-refractivity contribution < 1.29 is 17.6 Å². The average Bonchev–Trinajstić information content (AvgIpc) is 2.66. The number of para-hydroxylation sites is 1. The average molecular weight is 412 g/mol. The Balaban J connectivity index is 1.89. The molecule has 0 saturated carbocycles. The Hall–Kier alpha value is -3.19. The highest BCUT2D eigenvalue weighted by atomic mass is 32.2. The van der Waals surface area contributed by atoms with Gasteiger partial charge in [0.1, 0.15) is 5.82 Å². The summed E-state index contributed by atoms with van der Waals surface area (Å²) in [7, 11) is -3.88. The summed E-state index contributed by atoms with van der Waals surface area (Å²) in [5.41, 5.74) is 2.80. The number of sulfonamides is 1. The van der Waals surface area contributed by atoms with E-state index in [1.165, 1.54) is 18.2 Å². The van der Waals surface area contributed by atoms with Gasteiger partial charge in [0, 0.05) is 11.3 Å². The van der Waals surface area contributed by atoms with Crippen molar-refractivity contribution in [2.24, 2.45) is 0 Å². The van der Waals surface area contributed by atoms with Gasteiger partial charge in [-0.25, -0.2) is 12.8 Å². The van der Waals surface area contributed by atoms with Gasteiger partial charge >= 0.3 is 0 Å². The third kappa shape index (κ3) is 4.63. The molecule has 29 heavy (non-hydrogen) atoms. The highest BCUT2D eigenvalue weighted by molar-refractivity contribution is 7.92. The van der Waals surface area contributed by atoms with Crippen LogP contribution in [-0.4, -0.2) is 14.3 Å². The number of hydrogen-bond acceptors (Lipinski definition) is 3. The molecule has 0 aliphatic rings. The molecule has 0 fully saturated rings. The first-order valence-electron chi connectivity index (χ1n) is 8.94. The van der Waals surface area contributed by atoms with Gasteiger partial charge < -0.3 is 5.32 Å². The molecule has 3 rings (SSSR count). The maximum absolute atomic E-state index is 13.7. The smallest absolute Gasteiger partial charge is 0.261 e. The minimum Gasteiger partial charge on any atom is -0.322 e. The Morgan fingerprint density at radius 2 is 1.55 bits per heavy atom. The van der Waals surface area contributed by atoms with Crippen LogP contribution in [0.4, 0.5) is 15.8 Å². The maximum atomic E-state index is 13.7. The van der Waals surface area contributed by atoms with Gasteiger partial charge in [0.2, 0.25) is 0 Å². The maximum Gasteiger partial charge on any atom is 0.261 e. The number of nitrogens with one attached hydrogen (secondary N) is 2. The highest BCUT2D eigenvalue weighted by Crippen LogP contribution is 2.22. The van der Waals surface area contributed by atoms with E-state index in [1.54, 1.807) is 57.2 Å². The van der Waals surface area contributed by atoms with E-state index in [1.807, 2.05) is 6.07 Å². The van der Waals surface area contributed by atoms with Crippen LogP contribution < -0.4 is 10.0 Å². The van der Waals surface area contributed by atoms with E-state index in [0.717, 1.165) is 5.56 Å². The van der Waals surface area contributed by atoms with Crippen LogP contribution in [-0.2, 0) is 10.0 Å². The zero-order valence-electron chi connectivity index (χ0n) is 16.3. The second kappa shape index (κ2) is 8.05. The van der Waals surface area contributed by atoms with E-state index in [2.05, 4.69) is 10.0 Å². The Labute approximate surface area is 169 Å². The highest BCUT2D eigenvalue weighted by Gasteiger charge is 2.19. The van der Waals surface area contributed by atoms with Crippen LogP contribution in [0.1, 0.15) is 27.0 Å². The summed E-state index contributed by atoms with van der Waals surface area (Å²) in [4.78, 5) is 12.6. The van der Waals surface area contributed by atoms with Gasteiger partial charge in [-0.05, 0) is 67.8 Å². The number of carbonyl (C=O) groups excluding carboxylic acids is 1. The summed E-state index contributed by atoms with van der Waals surface area (Å²) in [5.74, 6) is -0.947. The normalized spacial score (nSPS) is 11.2. The number of aryl methyl sites for hydroxylation is 3. The standard InChI is InChI=1S/C22H21FN2O3S/c1-14-9-11-18(29(27,28)25-21-7-5-4-6-16(21)3)13-19(14)22(26)24-17-10-8-15(2)20(23)12-17/h4-13,25H,1-3H3,(H,24,26). The zero-order valence-corrected chi connectivity index (χ0v) is 17.1. The first-order chi connectivity index (χ1) is 13.7. The number of amides is 1. The molecule has 3 aromatic rings. The molecular formula is C22H21FN2O3S. The van der Waals surface area contributed by atoms with Crippen molar-refractivity contribution in [1.82, 2.24) is 0 Å². The molecule has 3 aromatic carbocycles. The first kappa shape index (κ1) is 20.5. The van der Waals surface area contributed by atoms with Crippen molar-refractivity contribution in [2.45, 2.75) is 25.7 Å². The molecule has 0 aliphatic carbocycles. The first-order valence-corrected chi connectivity index (χ1v) is 10.4. The molecule has 0 heterocycles. The van der Waals surface area contributed by atoms with Crippen molar-refractivity contribution in [3.05, 3.63) is 88.7 Å². The van der Waals surface area contributed by atoms with Crippen LogP contribution >= 0.6 is 0 Å². The lowest BCUT2D eigenvalue weighted by molar-refractivity contribution is 0.102. The largest absolute Gasteiger partial charge is 0.322 e. The van der Waals surface area contributed by atoms with E-state index >= 15 is 0 Å². The predicted octanol–water partition coefficient (Wildman–Crippen LogP) is 4.80. The van der Waals surface area contributed by atoms with Crippen molar-refractivity contribution in [1.29, 1.82) is 0 Å². The molecule has 0 radical (unpaired) electrons. The van der Waals surface area contributed by atoms with Gasteiger partial charge in [0.25, 0.3) is 15.9 Å². The van der Waals surface area contributed by atoms with Crippen molar-refractivity contribution in [2.75, 3.05) is 10.0 Å². The van der Waals surface area contributed by atoms with Gasteiger partial charge in [-0.15, -0.1) is 0 Å². The van der Waals surface area contributed by atoms with Gasteiger partial charge in [-0.2, -0.15) is 0 Å². The third-order valence-electron chi connectivity index (χ3n) is 4.58. The fourth-order valence-electron chi connectivity index (χ4n) is 2.77. The molecular weight excluding hydrogens is 391 g/mol. The summed E-state index contributed by atoms with van der Waals surface area (Å²) < 4.78 is 41.9. The van der Waals surface area contributed by atoms with Crippen LogP contribution in [0.2, 0.25) is 0 Å². The molecule has 2 N–H and O–H groups in total. The number of benzene rings is 3. The molecule has 0 saturated heterocycles. The van der Waals surface area contributed by atoms with Crippen LogP contribution in [0.5, 0.6) is 0 Å². The number of halogens is 1. The molecule has 0 aromatic heterocycles. The Bertz CT molecular complexity index is 1190. The van der Waals surface area contributed by atoms with Gasteiger partial charge in [-0.3, -0.25) is 9.52 Å². The summed E-state index contributed by atoms with van der Waals surface area (Å²) >= 11 is 0. The lowest BCUT2D eigenvalue weighted by Gasteiger charge is -2.13. The topological polar surface area (TPSA) is 75.3 Å². The minimum atomic E-state index is -3.88. The monoisotopic (exact) mass is 412 g/mol. The van der Waals surface area contributed by atoms with E-state index in [0.29, 0.717) is 22.5 Å². The third-order valence-corrected chi connectivity index (χ3v) is 5.95. The van der Waals surface area contributed by atoms with Crippen LogP contribution in [0.25, 0.3) is 0 Å².